The molecule has 0 atom stereocenters. The monoisotopic (exact) mass is 612 g/mol. The number of ether oxygens (including phenoxy) is 1. The number of hydrogen-bond donors (Lipinski definition) is 0. The molecular formula is C38H36N4O2S. The van der Waals surface area contributed by atoms with E-state index < -0.39 is 0 Å². The van der Waals surface area contributed by atoms with Crippen molar-refractivity contribution in [1.29, 1.82) is 0 Å². The summed E-state index contributed by atoms with van der Waals surface area (Å²) in [5, 5.41) is 11.4. The van der Waals surface area contributed by atoms with Crippen LogP contribution in [0, 0.1) is 13.8 Å². The third-order valence-corrected chi connectivity index (χ3v) is 8.66. The Morgan fingerprint density at radius 2 is 1.58 bits per heavy atom. The molecule has 0 N–H and O–H groups in total. The van der Waals surface area contributed by atoms with Gasteiger partial charge in [0, 0.05) is 28.0 Å². The lowest BCUT2D eigenvalue weighted by molar-refractivity contribution is -0.114. The molecule has 0 saturated heterocycles. The fourth-order valence-electron chi connectivity index (χ4n) is 5.14. The van der Waals surface area contributed by atoms with Gasteiger partial charge in [0.2, 0.25) is 0 Å². The molecule has 6 rings (SSSR count). The number of nitrogens with zero attached hydrogens (tertiary/aromatic N) is 4. The van der Waals surface area contributed by atoms with Crippen molar-refractivity contribution in [2.75, 3.05) is 17.4 Å². The summed E-state index contributed by atoms with van der Waals surface area (Å²) >= 11 is 1.67. The van der Waals surface area contributed by atoms with Crippen LogP contribution in [-0.4, -0.2) is 33.8 Å². The first kappa shape index (κ1) is 30.2. The fourth-order valence-corrected chi connectivity index (χ4v) is 5.98. The highest BCUT2D eigenvalue weighted by Gasteiger charge is 2.32. The molecule has 1 aliphatic rings. The Morgan fingerprint density at radius 3 is 2.27 bits per heavy atom. The van der Waals surface area contributed by atoms with Crippen LogP contribution in [0.3, 0.4) is 0 Å². The van der Waals surface area contributed by atoms with Crippen molar-refractivity contribution >= 4 is 35.1 Å². The van der Waals surface area contributed by atoms with Gasteiger partial charge in [-0.1, -0.05) is 67.4 Å². The van der Waals surface area contributed by atoms with Crippen LogP contribution in [0.15, 0.2) is 125 Å². The summed E-state index contributed by atoms with van der Waals surface area (Å²) in [6.45, 7) is 7.00. The van der Waals surface area contributed by atoms with E-state index >= 15 is 0 Å². The van der Waals surface area contributed by atoms with Gasteiger partial charge in [0.05, 0.1) is 29.3 Å². The van der Waals surface area contributed by atoms with E-state index in [-0.39, 0.29) is 5.91 Å². The Bertz CT molecular complexity index is 1840. The number of amides is 1. The number of carbonyl (C=O) groups is 1. The lowest BCUT2D eigenvalue weighted by atomic mass is 10.00. The van der Waals surface area contributed by atoms with Crippen LogP contribution in [-0.2, 0) is 4.79 Å². The van der Waals surface area contributed by atoms with Crippen molar-refractivity contribution in [2.45, 2.75) is 38.5 Å². The highest BCUT2D eigenvalue weighted by Crippen LogP contribution is 2.33. The van der Waals surface area contributed by atoms with Gasteiger partial charge in [-0.2, -0.15) is 15.2 Å². The molecule has 0 spiro atoms. The van der Waals surface area contributed by atoms with Crippen LogP contribution in [0.1, 0.15) is 36.5 Å². The average Bonchev–Trinajstić information content (AvgIpc) is 3.62. The first-order valence-corrected chi connectivity index (χ1v) is 16.3. The summed E-state index contributed by atoms with van der Waals surface area (Å²) in [5.41, 5.74) is 7.84. The highest BCUT2D eigenvalue weighted by atomic mass is 32.2. The maximum atomic E-state index is 14.0. The van der Waals surface area contributed by atoms with E-state index in [1.54, 1.807) is 11.8 Å². The number of para-hydroxylation sites is 2. The summed E-state index contributed by atoms with van der Waals surface area (Å²) in [6.07, 6.45) is 6.04. The van der Waals surface area contributed by atoms with Crippen LogP contribution >= 0.6 is 11.8 Å². The summed E-state index contributed by atoms with van der Waals surface area (Å²) in [5.74, 6) is 1.24. The predicted octanol–water partition coefficient (Wildman–Crippen LogP) is 8.91. The average molecular weight is 613 g/mol. The van der Waals surface area contributed by atoms with E-state index in [1.807, 2.05) is 83.7 Å². The number of aryl methyl sites for hydroxylation is 2. The second-order valence-corrected chi connectivity index (χ2v) is 12.1. The van der Waals surface area contributed by atoms with Crippen molar-refractivity contribution in [2.24, 2.45) is 5.10 Å². The van der Waals surface area contributed by atoms with Crippen LogP contribution in [0.25, 0.3) is 23.0 Å². The molecule has 0 unspecified atom stereocenters. The smallest absolute Gasteiger partial charge is 0.280 e. The molecular weight excluding hydrogens is 577 g/mol. The summed E-state index contributed by atoms with van der Waals surface area (Å²) < 4.78 is 7.85. The molecule has 2 heterocycles. The molecule has 4 aromatic carbocycles. The number of rotatable bonds is 11. The number of benzene rings is 4. The Morgan fingerprint density at radius 1 is 0.867 bits per heavy atom. The minimum atomic E-state index is -0.157. The maximum Gasteiger partial charge on any atom is 0.280 e. The van der Waals surface area contributed by atoms with Crippen LogP contribution in [0.5, 0.6) is 5.75 Å². The van der Waals surface area contributed by atoms with Gasteiger partial charge in [-0.25, -0.2) is 4.68 Å². The molecule has 226 valence electrons. The molecule has 1 aliphatic heterocycles. The molecule has 0 radical (unpaired) electrons. The standard InChI is InChI=1S/C38H36N4O2S/c1-4-5-22-44-32-18-21-34(28(3)23-32)37-29(25-41(40-37)30-12-8-6-9-13-30)24-35-36(26-45-33-19-16-27(2)17-20-33)39-42(38(35)43)31-14-10-7-11-15-31/h6-21,23-25H,4-5,22,26H2,1-3H3/b35-24-. The van der Waals surface area contributed by atoms with Gasteiger partial charge in [0.15, 0.2) is 0 Å². The zero-order chi connectivity index (χ0) is 31.2. The van der Waals surface area contributed by atoms with E-state index in [0.29, 0.717) is 17.9 Å². The van der Waals surface area contributed by atoms with E-state index in [9.17, 15) is 4.79 Å². The minimum Gasteiger partial charge on any atom is -0.494 e. The maximum absolute atomic E-state index is 14.0. The quantitative estimate of drug-likeness (QED) is 0.0849. The minimum absolute atomic E-state index is 0.157. The number of unbranched alkanes of at least 4 members (excludes halogenated alkanes) is 1. The molecule has 1 amide bonds. The summed E-state index contributed by atoms with van der Waals surface area (Å²) in [7, 11) is 0. The molecule has 0 bridgehead atoms. The second-order valence-electron chi connectivity index (χ2n) is 11.1. The van der Waals surface area contributed by atoms with Crippen molar-refractivity contribution in [3.05, 3.63) is 132 Å². The summed E-state index contributed by atoms with van der Waals surface area (Å²) in [6, 6.07) is 34.1. The number of aromatic nitrogens is 2. The first-order valence-electron chi connectivity index (χ1n) is 15.3. The van der Waals surface area contributed by atoms with Crippen LogP contribution in [0.4, 0.5) is 5.69 Å². The SMILES string of the molecule is CCCCOc1ccc(-c2nn(-c3ccccc3)cc2/C=C2\C(=O)N(c3ccccc3)N=C2CSc2ccc(C)cc2)c(C)c1. The van der Waals surface area contributed by atoms with E-state index in [2.05, 4.69) is 57.2 Å². The molecule has 45 heavy (non-hydrogen) atoms. The largest absolute Gasteiger partial charge is 0.494 e. The lowest BCUT2D eigenvalue weighted by Crippen LogP contribution is -2.21. The zero-order valence-electron chi connectivity index (χ0n) is 25.8. The molecule has 1 aromatic heterocycles. The molecule has 5 aromatic rings. The number of hydrogen-bond acceptors (Lipinski definition) is 5. The van der Waals surface area contributed by atoms with Gasteiger partial charge >= 0.3 is 0 Å². The third-order valence-electron chi connectivity index (χ3n) is 7.63. The van der Waals surface area contributed by atoms with Crippen LogP contribution in [0.2, 0.25) is 0 Å². The Labute approximate surface area is 269 Å². The van der Waals surface area contributed by atoms with E-state index in [4.69, 9.17) is 14.9 Å². The van der Waals surface area contributed by atoms with Gasteiger partial charge in [0.25, 0.3) is 5.91 Å². The van der Waals surface area contributed by atoms with Crippen LogP contribution < -0.4 is 9.75 Å². The van der Waals surface area contributed by atoms with Crippen molar-refractivity contribution in [3.63, 3.8) is 0 Å². The third kappa shape index (κ3) is 6.94. The molecule has 7 heteroatoms. The van der Waals surface area contributed by atoms with Gasteiger partial charge in [0.1, 0.15) is 11.4 Å². The van der Waals surface area contributed by atoms with Gasteiger partial charge < -0.3 is 4.74 Å². The number of carbonyl (C=O) groups excluding carboxylic acids is 1. The van der Waals surface area contributed by atoms with E-state index in [1.165, 1.54) is 10.6 Å². The highest BCUT2D eigenvalue weighted by molar-refractivity contribution is 8.00. The molecule has 0 saturated carbocycles. The Balaban J connectivity index is 1.41. The number of thioether (sulfide) groups is 1. The Kier molecular flexibility index (Phi) is 9.27. The summed E-state index contributed by atoms with van der Waals surface area (Å²) in [4.78, 5) is 15.2. The molecule has 0 aliphatic carbocycles. The fraction of sp³-hybridized carbons (Fsp3) is 0.184. The lowest BCUT2D eigenvalue weighted by Gasteiger charge is -2.11. The second kappa shape index (κ2) is 13.8. The number of hydrazone groups is 1. The molecule has 6 nitrogen and oxygen atoms in total. The molecule has 0 fully saturated rings. The number of anilines is 1. The van der Waals surface area contributed by atoms with Crippen molar-refractivity contribution in [3.8, 4) is 22.7 Å². The van der Waals surface area contributed by atoms with Gasteiger partial charge in [-0.15, -0.1) is 11.8 Å². The Hall–Kier alpha value is -4.88. The normalized spacial score (nSPS) is 13.8. The topological polar surface area (TPSA) is 59.7 Å². The van der Waals surface area contributed by atoms with Gasteiger partial charge in [-0.05, 0) is 86.5 Å². The zero-order valence-corrected chi connectivity index (χ0v) is 26.6. The van der Waals surface area contributed by atoms with Crippen molar-refractivity contribution in [1.82, 2.24) is 9.78 Å². The van der Waals surface area contributed by atoms with Crippen molar-refractivity contribution < 1.29 is 9.53 Å². The predicted molar refractivity (Wildman–Crippen MR) is 185 cm³/mol. The van der Waals surface area contributed by atoms with Gasteiger partial charge in [-0.3, -0.25) is 4.79 Å². The van der Waals surface area contributed by atoms with E-state index in [0.717, 1.165) is 63.0 Å². The first-order chi connectivity index (χ1) is 22.0.